The fourth-order valence-corrected chi connectivity index (χ4v) is 6.90. The third kappa shape index (κ3) is 5.66. The van der Waals surface area contributed by atoms with Crippen LogP contribution in [0.2, 0.25) is 5.15 Å². The molecule has 2 N–H and O–H groups in total. The number of nitrogens with zero attached hydrogens (tertiary/aromatic N) is 4. The highest BCUT2D eigenvalue weighted by atomic mass is 35.5. The van der Waals surface area contributed by atoms with Gasteiger partial charge in [-0.2, -0.15) is 0 Å². The Balaban J connectivity index is 1.36. The molecule has 0 saturated heterocycles. The van der Waals surface area contributed by atoms with Gasteiger partial charge in [0, 0.05) is 12.2 Å². The average molecular weight is 627 g/mol. The molecule has 0 radical (unpaired) electrons. The molecule has 4 aromatic rings. The minimum absolute atomic E-state index is 0.0202. The summed E-state index contributed by atoms with van der Waals surface area (Å²) in [5, 5.41) is 5.34. The van der Waals surface area contributed by atoms with Crippen molar-refractivity contribution >= 4 is 52.4 Å². The molecule has 7 rings (SSSR count). The number of nitrogens with one attached hydrogen (secondary N) is 2. The Morgan fingerprint density at radius 1 is 1.23 bits per heavy atom. The van der Waals surface area contributed by atoms with Crippen LogP contribution in [0.25, 0.3) is 33.1 Å². The second-order valence-corrected chi connectivity index (χ2v) is 11.8. The number of aromatic amines is 1. The van der Waals surface area contributed by atoms with Crippen LogP contribution >= 0.6 is 22.9 Å². The maximum absolute atomic E-state index is 16.2. The summed E-state index contributed by atoms with van der Waals surface area (Å²) >= 11 is 7.48. The Morgan fingerprint density at radius 2 is 2.02 bits per heavy atom. The number of carbonyl (C=O) groups is 2. The lowest BCUT2D eigenvalue weighted by Crippen LogP contribution is -2.52. The second-order valence-electron chi connectivity index (χ2n) is 10.5. The molecular weight excluding hydrogens is 599 g/mol. The quantitative estimate of drug-likeness (QED) is 0.127. The molecular formula is C29H28ClFN6O5S. The van der Waals surface area contributed by atoms with E-state index in [1.165, 1.54) is 24.6 Å². The lowest BCUT2D eigenvalue weighted by Gasteiger charge is -2.47. The summed E-state index contributed by atoms with van der Waals surface area (Å²) in [4.78, 5) is 46.0. The minimum Gasteiger partial charge on any atom is -0.498 e. The molecule has 224 valence electrons. The Kier molecular flexibility index (Phi) is 8.26. The van der Waals surface area contributed by atoms with Gasteiger partial charge >= 0.3 is 5.97 Å². The van der Waals surface area contributed by atoms with Crippen LogP contribution in [0.15, 0.2) is 41.4 Å². The van der Waals surface area contributed by atoms with E-state index in [9.17, 15) is 9.59 Å². The topological polar surface area (TPSA) is 141 Å². The predicted octanol–water partition coefficient (Wildman–Crippen LogP) is 5.75. The number of fused-ring (bicyclic) bond motifs is 4. The van der Waals surface area contributed by atoms with Gasteiger partial charge in [0.05, 0.1) is 29.7 Å². The zero-order valence-electron chi connectivity index (χ0n) is 23.3. The van der Waals surface area contributed by atoms with Crippen LogP contribution in [0, 0.1) is 23.6 Å². The maximum atomic E-state index is 16.2. The fourth-order valence-electron chi connectivity index (χ4n) is 6.06. The minimum atomic E-state index is -0.621. The summed E-state index contributed by atoms with van der Waals surface area (Å²) in [6, 6.07) is 3.17. The standard InChI is InChI=1S/C29H28ClFN6O5S/c1-14(40-2)18(42-13-38)12-41-29(39)21-15-5-7-16(8-6-15)23(21)35-27-22(31)25(19-4-3-9-43-19)36-26(37-27)17-10-32-28-24(17)34-20(30)11-33-28/h3-4,9-11,13,15-16,21,23H,5-8,12H2,1-2H3,(H,32,33)(H,35,36,37)/b18-14-/t15?,16?,21-,23-/m0/s1. The third-order valence-electron chi connectivity index (χ3n) is 8.23. The van der Waals surface area contributed by atoms with Gasteiger partial charge in [-0.1, -0.05) is 17.7 Å². The first-order valence-corrected chi connectivity index (χ1v) is 15.0. The highest BCUT2D eigenvalue weighted by molar-refractivity contribution is 7.13. The van der Waals surface area contributed by atoms with E-state index < -0.39 is 23.7 Å². The number of allylic oxidation sites excluding steroid dienone is 1. The second kappa shape index (κ2) is 12.3. The zero-order valence-corrected chi connectivity index (χ0v) is 24.9. The average Bonchev–Trinajstić information content (AvgIpc) is 3.71. The number of carbonyl (C=O) groups excluding carboxylic acids is 2. The first-order chi connectivity index (χ1) is 20.9. The molecule has 2 bridgehead atoms. The Labute approximate surface area is 254 Å². The smallest absolute Gasteiger partial charge is 0.311 e. The van der Waals surface area contributed by atoms with Crippen molar-refractivity contribution in [3.63, 3.8) is 0 Å². The van der Waals surface area contributed by atoms with Gasteiger partial charge in [0.25, 0.3) is 6.47 Å². The Bertz CT molecular complexity index is 1690. The normalized spacial score (nSPS) is 21.8. The molecule has 4 heterocycles. The first kappa shape index (κ1) is 29.0. The molecule has 0 unspecified atom stereocenters. The van der Waals surface area contributed by atoms with Gasteiger partial charge in [-0.15, -0.1) is 11.3 Å². The van der Waals surface area contributed by atoms with Gasteiger partial charge in [-0.05, 0) is 55.9 Å². The van der Waals surface area contributed by atoms with E-state index >= 15 is 4.39 Å². The van der Waals surface area contributed by atoms with E-state index in [1.807, 2.05) is 11.4 Å². The van der Waals surface area contributed by atoms with Crippen molar-refractivity contribution in [2.24, 2.45) is 17.8 Å². The van der Waals surface area contributed by atoms with Crippen molar-refractivity contribution in [1.82, 2.24) is 24.9 Å². The van der Waals surface area contributed by atoms with Gasteiger partial charge < -0.3 is 24.5 Å². The van der Waals surface area contributed by atoms with Crippen LogP contribution in [0.1, 0.15) is 32.6 Å². The Morgan fingerprint density at radius 3 is 2.74 bits per heavy atom. The number of thiophene rings is 1. The number of ether oxygens (including phenoxy) is 3. The molecule has 3 aliphatic rings. The van der Waals surface area contributed by atoms with Crippen LogP contribution in [-0.2, 0) is 23.8 Å². The van der Waals surface area contributed by atoms with Crippen molar-refractivity contribution in [3.05, 3.63) is 52.4 Å². The number of halogens is 2. The summed E-state index contributed by atoms with van der Waals surface area (Å²) < 4.78 is 31.9. The Hall–Kier alpha value is -4.10. The summed E-state index contributed by atoms with van der Waals surface area (Å²) in [6.07, 6.45) is 6.59. The number of H-pyrrole nitrogens is 1. The van der Waals surface area contributed by atoms with Crippen LogP contribution in [0.5, 0.6) is 0 Å². The monoisotopic (exact) mass is 626 g/mol. The molecule has 0 spiro atoms. The van der Waals surface area contributed by atoms with E-state index in [2.05, 4.69) is 30.2 Å². The summed E-state index contributed by atoms with van der Waals surface area (Å²) in [6.45, 7) is 1.59. The van der Waals surface area contributed by atoms with E-state index in [0.29, 0.717) is 27.4 Å². The summed E-state index contributed by atoms with van der Waals surface area (Å²) in [5.74, 6) is -0.866. The van der Waals surface area contributed by atoms with Crippen molar-refractivity contribution < 1.29 is 28.2 Å². The van der Waals surface area contributed by atoms with Gasteiger partial charge in [0.1, 0.15) is 22.1 Å². The maximum Gasteiger partial charge on any atom is 0.311 e. The molecule has 14 heteroatoms. The number of rotatable bonds is 10. The predicted molar refractivity (Wildman–Crippen MR) is 157 cm³/mol. The van der Waals surface area contributed by atoms with Crippen molar-refractivity contribution in [2.45, 2.75) is 38.6 Å². The highest BCUT2D eigenvalue weighted by Crippen LogP contribution is 2.47. The molecule has 0 amide bonds. The molecule has 4 aromatic heterocycles. The third-order valence-corrected chi connectivity index (χ3v) is 9.29. The molecule has 0 aliphatic heterocycles. The largest absolute Gasteiger partial charge is 0.498 e. The van der Waals surface area contributed by atoms with Crippen molar-refractivity contribution in [1.29, 1.82) is 0 Å². The molecule has 2 atom stereocenters. The lowest BCUT2D eigenvalue weighted by atomic mass is 9.61. The van der Waals surface area contributed by atoms with Gasteiger partial charge in [0.15, 0.2) is 35.5 Å². The fraction of sp³-hybridized carbons (Fsp3) is 0.379. The zero-order chi connectivity index (χ0) is 30.1. The molecule has 3 fully saturated rings. The van der Waals surface area contributed by atoms with E-state index in [-0.39, 0.29) is 53.2 Å². The first-order valence-electron chi connectivity index (χ1n) is 13.8. The van der Waals surface area contributed by atoms with Crippen LogP contribution in [-0.4, -0.2) is 57.1 Å². The number of hydrogen-bond donors (Lipinski definition) is 2. The van der Waals surface area contributed by atoms with E-state index in [4.69, 9.17) is 25.8 Å². The highest BCUT2D eigenvalue weighted by Gasteiger charge is 2.48. The SMILES string of the molecule is CO/C(C)=C(/COC(=O)[C@H]1C2CCC(CC2)[C@@H]1Nc1nc(-c2c[nH]c3ncc(Cl)nc23)nc(-c2cccs2)c1F)OC=O. The summed E-state index contributed by atoms with van der Waals surface area (Å²) in [7, 11) is 1.43. The molecule has 43 heavy (non-hydrogen) atoms. The van der Waals surface area contributed by atoms with Crippen LogP contribution in [0.3, 0.4) is 0 Å². The lowest BCUT2D eigenvalue weighted by molar-refractivity contribution is -0.156. The van der Waals surface area contributed by atoms with Gasteiger partial charge in [-0.25, -0.2) is 24.3 Å². The summed E-state index contributed by atoms with van der Waals surface area (Å²) in [5.41, 5.74) is 1.58. The number of esters is 1. The van der Waals surface area contributed by atoms with Gasteiger partial charge in [-0.3, -0.25) is 9.59 Å². The molecule has 11 nitrogen and oxygen atoms in total. The number of aromatic nitrogens is 5. The van der Waals surface area contributed by atoms with E-state index in [1.54, 1.807) is 19.2 Å². The molecule has 3 aliphatic carbocycles. The number of methoxy groups -OCH3 is 1. The van der Waals surface area contributed by atoms with Crippen molar-refractivity contribution in [2.75, 3.05) is 19.0 Å². The van der Waals surface area contributed by atoms with Gasteiger partial charge in [0.2, 0.25) is 0 Å². The number of anilines is 1. The van der Waals surface area contributed by atoms with E-state index in [0.717, 1.165) is 25.7 Å². The van der Waals surface area contributed by atoms with Crippen molar-refractivity contribution in [3.8, 4) is 22.0 Å². The van der Waals surface area contributed by atoms with Crippen LogP contribution in [0.4, 0.5) is 10.2 Å². The van der Waals surface area contributed by atoms with Crippen LogP contribution < -0.4 is 5.32 Å². The number of hydrogen-bond acceptors (Lipinski definition) is 11. The molecule has 3 saturated carbocycles. The molecule has 0 aromatic carbocycles.